The van der Waals surface area contributed by atoms with Gasteiger partial charge in [-0.25, -0.2) is 10.3 Å². The van der Waals surface area contributed by atoms with E-state index in [1.54, 1.807) is 30.3 Å². The average molecular weight is 466 g/mol. The lowest BCUT2D eigenvalue weighted by Crippen LogP contribution is -2.27. The lowest BCUT2D eigenvalue weighted by Gasteiger charge is -2.25. The number of rotatable bonds is 10. The maximum Gasteiger partial charge on any atom is 0.412 e. The van der Waals surface area contributed by atoms with Crippen molar-refractivity contribution < 1.29 is 34.1 Å². The highest BCUT2D eigenvalue weighted by molar-refractivity contribution is 6.00. The van der Waals surface area contributed by atoms with E-state index in [0.717, 1.165) is 16.8 Å². The summed E-state index contributed by atoms with van der Waals surface area (Å²) in [7, 11) is 1.41. The third kappa shape index (κ3) is 6.55. The zero-order valence-electron chi connectivity index (χ0n) is 18.5. The Bertz CT molecular complexity index is 1130. The van der Waals surface area contributed by atoms with Gasteiger partial charge in [-0.05, 0) is 35.2 Å². The molecule has 0 aliphatic carbocycles. The number of hydrogen-bond donors (Lipinski definition) is 4. The minimum absolute atomic E-state index is 0.120. The van der Waals surface area contributed by atoms with E-state index in [4.69, 9.17) is 24.5 Å². The molecule has 9 nitrogen and oxygen atoms in total. The van der Waals surface area contributed by atoms with Crippen molar-refractivity contribution >= 4 is 28.5 Å². The van der Waals surface area contributed by atoms with Gasteiger partial charge < -0.3 is 19.3 Å². The summed E-state index contributed by atoms with van der Waals surface area (Å²) in [5.74, 6) is -0.227. The molecule has 2 atom stereocenters. The molecule has 0 radical (unpaired) electrons. The van der Waals surface area contributed by atoms with Gasteiger partial charge in [-0.15, -0.1) is 0 Å². The molecule has 3 rings (SSSR count). The summed E-state index contributed by atoms with van der Waals surface area (Å²) in [6.07, 6.45) is -0.0536. The van der Waals surface area contributed by atoms with Crippen molar-refractivity contribution in [2.45, 2.75) is 12.2 Å². The minimum atomic E-state index is -0.936. The molecule has 0 spiro atoms. The normalized spacial score (nSPS) is 12.8. The van der Waals surface area contributed by atoms with Crippen molar-refractivity contribution in [3.05, 3.63) is 84.4 Å². The lowest BCUT2D eigenvalue weighted by molar-refractivity contribution is -0.124. The van der Waals surface area contributed by atoms with Crippen molar-refractivity contribution in [2.24, 2.45) is 0 Å². The Morgan fingerprint density at radius 2 is 1.76 bits per heavy atom. The van der Waals surface area contributed by atoms with E-state index in [1.165, 1.54) is 18.7 Å². The number of aliphatic hydroxyl groups is 1. The zero-order valence-corrected chi connectivity index (χ0v) is 18.5. The van der Waals surface area contributed by atoms with E-state index in [2.05, 4.69) is 5.32 Å². The Labute approximate surface area is 196 Å². The highest BCUT2D eigenvalue weighted by atomic mass is 16.6. The molecule has 0 heterocycles. The fourth-order valence-electron chi connectivity index (χ4n) is 3.35. The van der Waals surface area contributed by atoms with Gasteiger partial charge in [0, 0.05) is 18.6 Å². The quantitative estimate of drug-likeness (QED) is 0.204. The summed E-state index contributed by atoms with van der Waals surface area (Å²) in [4.78, 5) is 24.3. The van der Waals surface area contributed by atoms with Gasteiger partial charge in [-0.3, -0.25) is 15.3 Å². The van der Waals surface area contributed by atoms with Crippen LogP contribution in [-0.4, -0.2) is 48.7 Å². The molecule has 0 saturated carbocycles. The first-order chi connectivity index (χ1) is 16.5. The van der Waals surface area contributed by atoms with Crippen molar-refractivity contribution in [3.63, 3.8) is 0 Å². The monoisotopic (exact) mass is 466 g/mol. The molecule has 0 fully saturated rings. The van der Waals surface area contributed by atoms with Gasteiger partial charge in [-0.2, -0.15) is 0 Å². The fourth-order valence-corrected chi connectivity index (χ4v) is 3.35. The van der Waals surface area contributed by atoms with Crippen LogP contribution in [-0.2, 0) is 14.3 Å². The second kappa shape index (κ2) is 12.4. The molecule has 3 aromatic carbocycles. The molecule has 3 aromatic rings. The number of carbonyl (C=O) groups excluding carboxylic acids is 2. The van der Waals surface area contributed by atoms with Gasteiger partial charge in [0.15, 0.2) is 6.10 Å². The van der Waals surface area contributed by atoms with Crippen LogP contribution in [0.3, 0.4) is 0 Å². The van der Waals surface area contributed by atoms with Crippen molar-refractivity contribution in [3.8, 4) is 5.75 Å². The zero-order chi connectivity index (χ0) is 24.3. The van der Waals surface area contributed by atoms with Crippen LogP contribution in [0, 0.1) is 0 Å². The second-order valence-electron chi connectivity index (χ2n) is 7.15. The molecule has 2 amide bonds. The Balaban J connectivity index is 1.85. The third-order valence-electron chi connectivity index (χ3n) is 4.95. The van der Waals surface area contributed by atoms with Crippen LogP contribution >= 0.6 is 0 Å². The van der Waals surface area contributed by atoms with E-state index in [-0.39, 0.29) is 13.2 Å². The van der Waals surface area contributed by atoms with E-state index in [0.29, 0.717) is 17.0 Å². The van der Waals surface area contributed by atoms with E-state index in [1.807, 2.05) is 36.4 Å². The molecule has 0 saturated heterocycles. The van der Waals surface area contributed by atoms with Crippen molar-refractivity contribution in [1.82, 2.24) is 5.48 Å². The van der Waals surface area contributed by atoms with Crippen LogP contribution in [0.25, 0.3) is 10.8 Å². The number of ether oxygens (including phenoxy) is 3. The summed E-state index contributed by atoms with van der Waals surface area (Å²) in [6, 6.07) is 19.9. The van der Waals surface area contributed by atoms with Crippen LogP contribution in [0.1, 0.15) is 11.7 Å². The summed E-state index contributed by atoms with van der Waals surface area (Å²) >= 11 is 0. The van der Waals surface area contributed by atoms with Crippen molar-refractivity contribution in [2.75, 3.05) is 25.6 Å². The van der Waals surface area contributed by atoms with Gasteiger partial charge >= 0.3 is 6.09 Å². The number of carbonyl (C=O) groups is 2. The molecule has 178 valence electrons. The predicted octanol–water partition coefficient (Wildman–Crippen LogP) is 3.58. The topological polar surface area (TPSA) is 126 Å². The van der Waals surface area contributed by atoms with E-state index < -0.39 is 24.2 Å². The molecule has 0 bridgehead atoms. The largest absolute Gasteiger partial charge is 0.491 e. The number of nitrogens with one attached hydrogen (secondary N) is 2. The van der Waals surface area contributed by atoms with Crippen molar-refractivity contribution in [1.29, 1.82) is 0 Å². The summed E-state index contributed by atoms with van der Waals surface area (Å²) in [5, 5.41) is 22.3. The lowest BCUT2D eigenvalue weighted by atomic mass is 10.0. The molecule has 0 aliphatic rings. The van der Waals surface area contributed by atoms with Gasteiger partial charge in [0.25, 0.3) is 5.91 Å². The molecule has 0 unspecified atom stereocenters. The van der Waals surface area contributed by atoms with Gasteiger partial charge in [0.2, 0.25) is 0 Å². The van der Waals surface area contributed by atoms with Gasteiger partial charge in [-0.1, -0.05) is 48.5 Å². The standard InChI is InChI=1S/C25H26N2O7/c1-32-22(13-14-23(29)27-31)24(18-9-11-19(12-10-18)33-16-15-28)34-25(30)26-21-8-4-6-17-5-2-3-7-20(17)21/h2-14,22,24,28,31H,15-16H2,1H3,(H,26,30)(H,27,29)/b14-13+/t22-,24-/m0/s1. The summed E-state index contributed by atoms with van der Waals surface area (Å²) in [5.41, 5.74) is 2.66. The molecule has 34 heavy (non-hydrogen) atoms. The van der Waals surface area contributed by atoms with Crippen LogP contribution in [0.4, 0.5) is 10.5 Å². The Morgan fingerprint density at radius 1 is 1.03 bits per heavy atom. The molecular formula is C25H26N2O7. The number of hydrogen-bond acceptors (Lipinski definition) is 7. The van der Waals surface area contributed by atoms with Gasteiger partial charge in [0.05, 0.1) is 12.3 Å². The average Bonchev–Trinajstić information content (AvgIpc) is 2.87. The number of anilines is 1. The second-order valence-corrected chi connectivity index (χ2v) is 7.15. The first kappa shape index (κ1) is 24.7. The van der Waals surface area contributed by atoms with Crippen LogP contribution in [0.2, 0.25) is 0 Å². The number of aliphatic hydroxyl groups excluding tert-OH is 1. The Hall–Kier alpha value is -3.92. The first-order valence-corrected chi connectivity index (χ1v) is 10.5. The van der Waals surface area contributed by atoms with Crippen LogP contribution in [0.5, 0.6) is 5.75 Å². The smallest absolute Gasteiger partial charge is 0.412 e. The maximum atomic E-state index is 12.9. The number of amides is 2. The third-order valence-corrected chi connectivity index (χ3v) is 4.95. The van der Waals surface area contributed by atoms with E-state index in [9.17, 15) is 9.59 Å². The maximum absolute atomic E-state index is 12.9. The Kier molecular flexibility index (Phi) is 8.98. The number of benzene rings is 3. The van der Waals surface area contributed by atoms with Crippen LogP contribution in [0.15, 0.2) is 78.9 Å². The van der Waals surface area contributed by atoms with Crippen LogP contribution < -0.4 is 15.5 Å². The molecule has 0 aliphatic heterocycles. The number of fused-ring (bicyclic) bond motifs is 1. The summed E-state index contributed by atoms with van der Waals surface area (Å²) in [6.45, 7) is 0.0255. The highest BCUT2D eigenvalue weighted by Crippen LogP contribution is 2.28. The molecular weight excluding hydrogens is 440 g/mol. The SMILES string of the molecule is CO[C@@H](/C=C/C(=O)NO)[C@@H](OC(=O)Nc1cccc2ccccc12)c1ccc(OCCO)cc1. The molecule has 4 N–H and O–H groups in total. The molecule has 9 heteroatoms. The molecule has 0 aromatic heterocycles. The fraction of sp³-hybridized carbons (Fsp3) is 0.200. The first-order valence-electron chi connectivity index (χ1n) is 10.5. The number of hydroxylamine groups is 1. The summed E-state index contributed by atoms with van der Waals surface area (Å²) < 4.78 is 16.6. The highest BCUT2D eigenvalue weighted by Gasteiger charge is 2.26. The predicted molar refractivity (Wildman–Crippen MR) is 126 cm³/mol. The van der Waals surface area contributed by atoms with Gasteiger partial charge in [0.1, 0.15) is 18.5 Å². The number of methoxy groups -OCH3 is 1. The van der Waals surface area contributed by atoms with E-state index >= 15 is 0 Å². The Morgan fingerprint density at radius 3 is 2.47 bits per heavy atom. The minimum Gasteiger partial charge on any atom is -0.491 e.